The minimum atomic E-state index is -0.496. The Bertz CT molecular complexity index is 364. The van der Waals surface area contributed by atoms with Gasteiger partial charge < -0.3 is 5.11 Å². The van der Waals surface area contributed by atoms with E-state index in [4.69, 9.17) is 0 Å². The van der Waals surface area contributed by atoms with Crippen LogP contribution in [0.4, 0.5) is 0 Å². The molecule has 1 unspecified atom stereocenters. The van der Waals surface area contributed by atoms with Crippen LogP contribution >= 0.6 is 11.3 Å². The highest BCUT2D eigenvalue weighted by Crippen LogP contribution is 2.23. The maximum absolute atomic E-state index is 9.24. The Hall–Kier alpha value is -1.00. The Morgan fingerprint density at radius 1 is 1.58 bits per heavy atom. The second kappa shape index (κ2) is 2.80. The van der Waals surface area contributed by atoms with Gasteiger partial charge in [0.1, 0.15) is 21.5 Å². The molecule has 0 fully saturated rings. The predicted octanol–water partition coefficient (Wildman–Crippen LogP) is 1.74. The summed E-state index contributed by atoms with van der Waals surface area (Å²) < 4.78 is 0. The molecule has 0 aliphatic rings. The molecule has 0 aliphatic carbocycles. The van der Waals surface area contributed by atoms with Crippen molar-refractivity contribution in [2.45, 2.75) is 13.0 Å². The van der Waals surface area contributed by atoms with Crippen LogP contribution in [0.2, 0.25) is 0 Å². The van der Waals surface area contributed by atoms with Crippen LogP contribution in [-0.2, 0) is 0 Å². The zero-order chi connectivity index (χ0) is 8.55. The zero-order valence-corrected chi connectivity index (χ0v) is 7.38. The lowest BCUT2D eigenvalue weighted by Crippen LogP contribution is -1.87. The summed E-state index contributed by atoms with van der Waals surface area (Å²) in [7, 11) is 0. The third-order valence-electron chi connectivity index (χ3n) is 1.54. The van der Waals surface area contributed by atoms with Crippen LogP contribution in [0.3, 0.4) is 0 Å². The van der Waals surface area contributed by atoms with Gasteiger partial charge in [-0.2, -0.15) is 0 Å². The smallest absolute Gasteiger partial charge is 0.143 e. The van der Waals surface area contributed by atoms with Crippen LogP contribution in [-0.4, -0.2) is 15.1 Å². The van der Waals surface area contributed by atoms with Crippen molar-refractivity contribution >= 4 is 21.7 Å². The molecular formula is C8H8N2OS. The van der Waals surface area contributed by atoms with Gasteiger partial charge in [0.05, 0.1) is 0 Å². The van der Waals surface area contributed by atoms with Crippen molar-refractivity contribution in [1.29, 1.82) is 0 Å². The van der Waals surface area contributed by atoms with Crippen LogP contribution < -0.4 is 0 Å². The van der Waals surface area contributed by atoms with Gasteiger partial charge in [0.15, 0.2) is 0 Å². The van der Waals surface area contributed by atoms with Gasteiger partial charge in [-0.3, -0.25) is 0 Å². The van der Waals surface area contributed by atoms with E-state index in [1.165, 1.54) is 11.3 Å². The fourth-order valence-electron chi connectivity index (χ4n) is 0.965. The number of aliphatic hydroxyl groups is 1. The summed E-state index contributed by atoms with van der Waals surface area (Å²) in [5.41, 5.74) is 0.860. The average molecular weight is 180 g/mol. The maximum atomic E-state index is 9.24. The lowest BCUT2D eigenvalue weighted by atomic mass is 10.4. The number of aliphatic hydroxyl groups excluding tert-OH is 1. The van der Waals surface area contributed by atoms with Crippen LogP contribution in [0.15, 0.2) is 18.3 Å². The van der Waals surface area contributed by atoms with E-state index in [0.29, 0.717) is 0 Å². The Labute approximate surface area is 73.7 Å². The van der Waals surface area contributed by atoms with Gasteiger partial charge in [-0.05, 0) is 19.1 Å². The molecule has 12 heavy (non-hydrogen) atoms. The first-order valence-electron chi connectivity index (χ1n) is 3.67. The first-order chi connectivity index (χ1) is 5.77. The molecule has 4 heteroatoms. The second-order valence-corrected chi connectivity index (χ2v) is 3.56. The van der Waals surface area contributed by atoms with Crippen molar-refractivity contribution in [2.24, 2.45) is 0 Å². The lowest BCUT2D eigenvalue weighted by molar-refractivity contribution is 0.199. The molecule has 0 saturated carbocycles. The minimum absolute atomic E-state index is 0.496. The number of hydrogen-bond acceptors (Lipinski definition) is 4. The van der Waals surface area contributed by atoms with E-state index in [0.717, 1.165) is 15.4 Å². The fraction of sp³-hybridized carbons (Fsp3) is 0.250. The fourth-order valence-corrected chi connectivity index (χ4v) is 1.81. The molecule has 0 radical (unpaired) electrons. The molecule has 0 aromatic carbocycles. The van der Waals surface area contributed by atoms with Crippen molar-refractivity contribution in [3.05, 3.63) is 23.3 Å². The molecule has 0 spiro atoms. The third-order valence-corrected chi connectivity index (χ3v) is 2.69. The van der Waals surface area contributed by atoms with Crippen LogP contribution in [0, 0.1) is 0 Å². The van der Waals surface area contributed by atoms with Crippen LogP contribution in [0.25, 0.3) is 10.3 Å². The summed E-state index contributed by atoms with van der Waals surface area (Å²) in [6.07, 6.45) is 1.23. The SMILES string of the molecule is CC(O)c1nc2cccnc2s1. The van der Waals surface area contributed by atoms with Gasteiger partial charge in [0.2, 0.25) is 0 Å². The molecule has 2 heterocycles. The first kappa shape index (κ1) is 7.64. The number of aromatic nitrogens is 2. The summed E-state index contributed by atoms with van der Waals surface area (Å²) in [5.74, 6) is 0. The molecule has 1 N–H and O–H groups in total. The Morgan fingerprint density at radius 3 is 3.08 bits per heavy atom. The molecule has 0 saturated heterocycles. The molecule has 3 nitrogen and oxygen atoms in total. The van der Waals surface area contributed by atoms with Gasteiger partial charge in [0.25, 0.3) is 0 Å². The maximum Gasteiger partial charge on any atom is 0.143 e. The van der Waals surface area contributed by atoms with E-state index in [9.17, 15) is 5.11 Å². The molecule has 1 atom stereocenters. The highest BCUT2D eigenvalue weighted by molar-refractivity contribution is 7.18. The van der Waals surface area contributed by atoms with Gasteiger partial charge in [0, 0.05) is 6.20 Å². The van der Waals surface area contributed by atoms with Gasteiger partial charge in [-0.1, -0.05) is 11.3 Å². The largest absolute Gasteiger partial charge is 0.386 e. The van der Waals surface area contributed by atoms with Crippen molar-refractivity contribution in [2.75, 3.05) is 0 Å². The van der Waals surface area contributed by atoms with Crippen LogP contribution in [0.5, 0.6) is 0 Å². The molecule has 0 amide bonds. The average Bonchev–Trinajstić information content (AvgIpc) is 2.46. The predicted molar refractivity (Wildman–Crippen MR) is 48.0 cm³/mol. The number of hydrogen-bond donors (Lipinski definition) is 1. The summed E-state index contributed by atoms with van der Waals surface area (Å²) in [6, 6.07) is 3.73. The molecule has 2 aromatic heterocycles. The summed E-state index contributed by atoms with van der Waals surface area (Å²) in [5, 5.41) is 9.97. The quantitative estimate of drug-likeness (QED) is 0.727. The number of pyridine rings is 1. The van der Waals surface area contributed by atoms with E-state index in [-0.39, 0.29) is 0 Å². The number of thiazole rings is 1. The standard InChI is InChI=1S/C8H8N2OS/c1-5(11)7-10-6-3-2-4-9-8(6)12-7/h2-5,11H,1H3. The summed E-state index contributed by atoms with van der Waals surface area (Å²) in [4.78, 5) is 9.23. The minimum Gasteiger partial charge on any atom is -0.386 e. The lowest BCUT2D eigenvalue weighted by Gasteiger charge is -1.93. The zero-order valence-electron chi connectivity index (χ0n) is 6.56. The first-order valence-corrected chi connectivity index (χ1v) is 4.48. The topological polar surface area (TPSA) is 46.0 Å². The Kier molecular flexibility index (Phi) is 1.78. The molecule has 0 aliphatic heterocycles. The van der Waals surface area contributed by atoms with Crippen molar-refractivity contribution < 1.29 is 5.11 Å². The van der Waals surface area contributed by atoms with Gasteiger partial charge in [-0.15, -0.1) is 0 Å². The molecule has 62 valence electrons. The summed E-state index contributed by atoms with van der Waals surface area (Å²) >= 11 is 1.43. The Balaban J connectivity index is 2.62. The highest BCUT2D eigenvalue weighted by Gasteiger charge is 2.07. The monoisotopic (exact) mass is 180 g/mol. The second-order valence-electron chi connectivity index (χ2n) is 2.56. The molecule has 2 rings (SSSR count). The van der Waals surface area contributed by atoms with E-state index >= 15 is 0 Å². The molecule has 0 bridgehead atoms. The highest BCUT2D eigenvalue weighted by atomic mass is 32.1. The van der Waals surface area contributed by atoms with E-state index in [1.807, 2.05) is 12.1 Å². The van der Waals surface area contributed by atoms with Crippen molar-refractivity contribution in [3.8, 4) is 0 Å². The Morgan fingerprint density at radius 2 is 2.42 bits per heavy atom. The van der Waals surface area contributed by atoms with E-state index in [1.54, 1.807) is 13.1 Å². The van der Waals surface area contributed by atoms with E-state index < -0.39 is 6.10 Å². The van der Waals surface area contributed by atoms with Gasteiger partial charge in [-0.25, -0.2) is 9.97 Å². The molecular weight excluding hydrogens is 172 g/mol. The van der Waals surface area contributed by atoms with Crippen molar-refractivity contribution in [1.82, 2.24) is 9.97 Å². The number of rotatable bonds is 1. The van der Waals surface area contributed by atoms with Gasteiger partial charge >= 0.3 is 0 Å². The van der Waals surface area contributed by atoms with E-state index in [2.05, 4.69) is 9.97 Å². The number of nitrogens with zero attached hydrogens (tertiary/aromatic N) is 2. The van der Waals surface area contributed by atoms with Crippen molar-refractivity contribution in [3.63, 3.8) is 0 Å². The normalized spacial score (nSPS) is 13.5. The third kappa shape index (κ3) is 1.19. The molecule has 2 aromatic rings. The van der Waals surface area contributed by atoms with Crippen LogP contribution in [0.1, 0.15) is 18.0 Å². The number of fused-ring (bicyclic) bond motifs is 1. The summed E-state index contributed by atoms with van der Waals surface area (Å²) in [6.45, 7) is 1.71.